The van der Waals surface area contributed by atoms with E-state index in [1.54, 1.807) is 0 Å². The van der Waals surface area contributed by atoms with Crippen LogP contribution in [0.15, 0.2) is 48.9 Å². The van der Waals surface area contributed by atoms with Crippen molar-refractivity contribution in [1.82, 2.24) is 14.1 Å². The summed E-state index contributed by atoms with van der Waals surface area (Å²) in [5.74, 6) is 0. The zero-order chi connectivity index (χ0) is 21.3. The summed E-state index contributed by atoms with van der Waals surface area (Å²) in [5.41, 5.74) is 7.29. The molecule has 0 aliphatic carbocycles. The Hall–Kier alpha value is -1.91. The van der Waals surface area contributed by atoms with Crippen LogP contribution in [0.1, 0.15) is 47.1 Å². The maximum atomic E-state index is 4.39. The molecule has 0 saturated carbocycles. The van der Waals surface area contributed by atoms with Gasteiger partial charge in [-0.05, 0) is 54.0 Å². The second-order valence-electron chi connectivity index (χ2n) is 9.55. The van der Waals surface area contributed by atoms with E-state index in [2.05, 4.69) is 100 Å². The Balaban J connectivity index is 2.41. The average molecular weight is 408 g/mol. The molecule has 0 atom stereocenters. The summed E-state index contributed by atoms with van der Waals surface area (Å²) in [5, 5.41) is 1.40. The lowest BCUT2D eigenvalue weighted by Gasteiger charge is -2.44. The van der Waals surface area contributed by atoms with Crippen molar-refractivity contribution in [2.45, 2.75) is 64.7 Å². The molecule has 4 heteroatoms. The van der Waals surface area contributed by atoms with E-state index in [0.29, 0.717) is 16.6 Å². The van der Waals surface area contributed by atoms with Gasteiger partial charge in [-0.3, -0.25) is 4.98 Å². The van der Waals surface area contributed by atoms with Gasteiger partial charge in [-0.25, -0.2) is 0 Å². The van der Waals surface area contributed by atoms with Crippen molar-refractivity contribution in [2.24, 2.45) is 0 Å². The van der Waals surface area contributed by atoms with Crippen molar-refractivity contribution in [1.29, 1.82) is 0 Å². The molecular formula is C25H37N3Si. The maximum absolute atomic E-state index is 4.39. The highest BCUT2D eigenvalue weighted by atomic mass is 28.3. The second-order valence-corrected chi connectivity index (χ2v) is 15.3. The summed E-state index contributed by atoms with van der Waals surface area (Å²) < 4.78 is 2.75. The molecule has 3 nitrogen and oxygen atoms in total. The van der Waals surface area contributed by atoms with Gasteiger partial charge in [0, 0.05) is 41.6 Å². The van der Waals surface area contributed by atoms with Crippen LogP contribution in [0.4, 0.5) is 0 Å². The van der Waals surface area contributed by atoms with Crippen LogP contribution in [0.25, 0.3) is 22.0 Å². The normalized spacial score (nSPS) is 12.8. The predicted molar refractivity (Wildman–Crippen MR) is 129 cm³/mol. The Kier molecular flexibility index (Phi) is 6.35. The van der Waals surface area contributed by atoms with Crippen LogP contribution in [0.2, 0.25) is 16.6 Å². The number of aromatic nitrogens is 2. The lowest BCUT2D eigenvalue weighted by molar-refractivity contribution is 0.404. The van der Waals surface area contributed by atoms with Crippen molar-refractivity contribution in [3.05, 3.63) is 54.5 Å². The van der Waals surface area contributed by atoms with E-state index in [1.807, 2.05) is 18.5 Å². The van der Waals surface area contributed by atoms with Gasteiger partial charge in [0.15, 0.2) is 8.24 Å². The number of benzene rings is 1. The van der Waals surface area contributed by atoms with Gasteiger partial charge < -0.3 is 9.13 Å². The molecule has 0 radical (unpaired) electrons. The van der Waals surface area contributed by atoms with Crippen LogP contribution in [0.3, 0.4) is 0 Å². The van der Waals surface area contributed by atoms with Gasteiger partial charge in [-0.2, -0.15) is 0 Å². The van der Waals surface area contributed by atoms with Crippen molar-refractivity contribution in [3.8, 4) is 11.1 Å². The molecule has 0 unspecified atom stereocenters. The molecular weight excluding hydrogens is 370 g/mol. The van der Waals surface area contributed by atoms with Crippen molar-refractivity contribution < 1.29 is 0 Å². The van der Waals surface area contributed by atoms with E-state index >= 15 is 0 Å². The van der Waals surface area contributed by atoms with E-state index in [9.17, 15) is 0 Å². The Morgan fingerprint density at radius 3 is 2.10 bits per heavy atom. The summed E-state index contributed by atoms with van der Waals surface area (Å²) in [6.07, 6.45) is 6.34. The fourth-order valence-corrected chi connectivity index (χ4v) is 12.4. The first kappa shape index (κ1) is 21.8. The second kappa shape index (κ2) is 8.45. The summed E-state index contributed by atoms with van der Waals surface area (Å²) >= 11 is 0. The fourth-order valence-electron chi connectivity index (χ4n) is 5.75. The molecule has 0 N–H and O–H groups in total. The van der Waals surface area contributed by atoms with Gasteiger partial charge in [0.1, 0.15) is 0 Å². The fraction of sp³-hybridized carbons (Fsp3) is 0.480. The molecule has 0 bridgehead atoms. The van der Waals surface area contributed by atoms with Gasteiger partial charge in [0.05, 0.1) is 0 Å². The van der Waals surface area contributed by atoms with E-state index in [1.165, 1.54) is 27.6 Å². The first-order valence-electron chi connectivity index (χ1n) is 10.9. The maximum Gasteiger partial charge on any atom is 0.169 e. The number of rotatable bonds is 7. The first-order valence-corrected chi connectivity index (χ1v) is 13.1. The van der Waals surface area contributed by atoms with E-state index in [-0.39, 0.29) is 0 Å². The SMILES string of the molecule is CC(C)[Si](C(C)C)(C(C)C)n1cc(CN(C)C)c2c(-c3cccnc3)cccc21. The molecule has 0 saturated heterocycles. The smallest absolute Gasteiger partial charge is 0.169 e. The first-order chi connectivity index (χ1) is 13.7. The molecule has 0 fully saturated rings. The third kappa shape index (κ3) is 3.69. The van der Waals surface area contributed by atoms with E-state index in [0.717, 1.165) is 6.54 Å². The highest BCUT2D eigenvalue weighted by Gasteiger charge is 2.46. The zero-order valence-electron chi connectivity index (χ0n) is 19.4. The Labute approximate surface area is 177 Å². The predicted octanol–water partition coefficient (Wildman–Crippen LogP) is 6.79. The van der Waals surface area contributed by atoms with Crippen LogP contribution in [-0.4, -0.2) is 36.4 Å². The topological polar surface area (TPSA) is 21.1 Å². The Bertz CT molecular complexity index is 933. The molecule has 0 spiro atoms. The minimum absolute atomic E-state index is 0.660. The number of fused-ring (bicyclic) bond motifs is 1. The molecule has 0 aliphatic heterocycles. The summed E-state index contributed by atoms with van der Waals surface area (Å²) in [7, 11) is 2.48. The largest absolute Gasteiger partial charge is 0.373 e. The van der Waals surface area contributed by atoms with Crippen molar-refractivity contribution in [3.63, 3.8) is 0 Å². The third-order valence-electron chi connectivity index (χ3n) is 6.56. The van der Waals surface area contributed by atoms with E-state index in [4.69, 9.17) is 0 Å². The van der Waals surface area contributed by atoms with Crippen LogP contribution >= 0.6 is 0 Å². The summed E-state index contributed by atoms with van der Waals surface area (Å²) in [4.78, 5) is 6.67. The quantitative estimate of drug-likeness (QED) is 0.402. The highest BCUT2D eigenvalue weighted by molar-refractivity contribution is 6.82. The number of hydrogen-bond donors (Lipinski definition) is 0. The molecule has 2 aromatic heterocycles. The Morgan fingerprint density at radius 2 is 1.59 bits per heavy atom. The molecule has 1 aromatic carbocycles. The van der Waals surface area contributed by atoms with Crippen LogP contribution in [-0.2, 0) is 6.54 Å². The number of hydrogen-bond acceptors (Lipinski definition) is 2. The zero-order valence-corrected chi connectivity index (χ0v) is 20.4. The standard InChI is InChI=1S/C25H37N3Si/c1-18(2)29(19(3)4,20(5)6)28-17-22(16-27(7)8)25-23(12-9-13-24(25)28)21-11-10-14-26-15-21/h9-15,17-20H,16H2,1-8H3. The van der Waals surface area contributed by atoms with Gasteiger partial charge in [0.25, 0.3) is 0 Å². The third-order valence-corrected chi connectivity index (χ3v) is 13.3. The summed E-state index contributed by atoms with van der Waals surface area (Å²) in [6, 6.07) is 11.0. The lowest BCUT2D eigenvalue weighted by atomic mass is 10.0. The average Bonchev–Trinajstić information content (AvgIpc) is 3.00. The van der Waals surface area contributed by atoms with Gasteiger partial charge in [0.2, 0.25) is 0 Å². The summed E-state index contributed by atoms with van der Waals surface area (Å²) in [6.45, 7) is 15.6. The minimum atomic E-state index is -1.84. The van der Waals surface area contributed by atoms with E-state index < -0.39 is 8.24 Å². The Morgan fingerprint density at radius 1 is 0.931 bits per heavy atom. The van der Waals surface area contributed by atoms with Crippen molar-refractivity contribution >= 4 is 19.1 Å². The minimum Gasteiger partial charge on any atom is -0.373 e. The molecule has 156 valence electrons. The molecule has 0 amide bonds. The van der Waals surface area contributed by atoms with Gasteiger partial charge in [-0.1, -0.05) is 59.7 Å². The molecule has 2 heterocycles. The highest BCUT2D eigenvalue weighted by Crippen LogP contribution is 2.46. The van der Waals surface area contributed by atoms with Gasteiger partial charge >= 0.3 is 0 Å². The lowest BCUT2D eigenvalue weighted by Crippen LogP contribution is -2.51. The van der Waals surface area contributed by atoms with Gasteiger partial charge in [-0.15, -0.1) is 0 Å². The monoisotopic (exact) mass is 407 g/mol. The molecule has 3 rings (SSSR count). The molecule has 0 aliphatic rings. The van der Waals surface area contributed by atoms with Crippen LogP contribution in [0, 0.1) is 0 Å². The van der Waals surface area contributed by atoms with Crippen LogP contribution in [0.5, 0.6) is 0 Å². The number of pyridine rings is 1. The molecule has 3 aromatic rings. The number of nitrogens with zero attached hydrogens (tertiary/aromatic N) is 3. The molecule has 29 heavy (non-hydrogen) atoms. The van der Waals surface area contributed by atoms with Crippen molar-refractivity contribution in [2.75, 3.05) is 14.1 Å². The van der Waals surface area contributed by atoms with Crippen LogP contribution < -0.4 is 0 Å².